The van der Waals surface area contributed by atoms with Crippen molar-refractivity contribution in [1.29, 1.82) is 0 Å². The van der Waals surface area contributed by atoms with Crippen LogP contribution in [0.1, 0.15) is 44.9 Å². The minimum absolute atomic E-state index is 0.480. The van der Waals surface area contributed by atoms with E-state index in [1.54, 1.807) is 5.19 Å². The minimum Gasteiger partial charge on any atom is -0.490 e. The van der Waals surface area contributed by atoms with Crippen molar-refractivity contribution in [2.75, 3.05) is 0 Å². The molecule has 3 rings (SSSR count). The maximum atomic E-state index is 6.09. The molecule has 0 radical (unpaired) electrons. The Kier molecular flexibility index (Phi) is 4.04. The lowest BCUT2D eigenvalue weighted by Crippen LogP contribution is -2.26. The van der Waals surface area contributed by atoms with E-state index in [2.05, 4.69) is 24.3 Å². The number of rotatable bonds is 3. The molecule has 1 aromatic carbocycles. The normalized spacial score (nSPS) is 22.2. The van der Waals surface area contributed by atoms with Crippen LogP contribution in [-0.4, -0.2) is 14.9 Å². The second-order valence-electron chi connectivity index (χ2n) is 5.93. The molecule has 1 saturated carbocycles. The molecule has 0 amide bonds. The van der Waals surface area contributed by atoms with E-state index < -0.39 is 8.80 Å². The van der Waals surface area contributed by atoms with Gasteiger partial charge in [-0.15, -0.1) is 0 Å². The van der Waals surface area contributed by atoms with E-state index in [0.717, 1.165) is 5.75 Å². The molecule has 1 aromatic rings. The first-order valence-corrected chi connectivity index (χ1v) is 9.89. The van der Waals surface area contributed by atoms with Gasteiger partial charge in [0, 0.05) is 0 Å². The van der Waals surface area contributed by atoms with Gasteiger partial charge in [0.05, 0.1) is 14.9 Å². The molecular weight excluding hydrogens is 236 g/mol. The third-order valence-corrected chi connectivity index (χ3v) is 8.10. The van der Waals surface area contributed by atoms with Gasteiger partial charge in [-0.3, -0.25) is 0 Å². The SMILES string of the molecule is c1cc([SiH]2CCCC2)ccc1OC1CCCCC1. The predicted octanol–water partition coefficient (Wildman–Crippen LogP) is 3.63. The summed E-state index contributed by atoms with van der Waals surface area (Å²) in [5.41, 5.74) is 0. The third kappa shape index (κ3) is 2.97. The van der Waals surface area contributed by atoms with Crippen LogP contribution in [-0.2, 0) is 0 Å². The largest absolute Gasteiger partial charge is 0.490 e. The van der Waals surface area contributed by atoms with Crippen molar-refractivity contribution >= 4 is 14.0 Å². The summed E-state index contributed by atoms with van der Waals surface area (Å²) in [5, 5.41) is 1.66. The Hall–Kier alpha value is -0.763. The van der Waals surface area contributed by atoms with Crippen LogP contribution in [0.2, 0.25) is 12.1 Å². The van der Waals surface area contributed by atoms with E-state index in [4.69, 9.17) is 4.74 Å². The fourth-order valence-electron chi connectivity index (χ4n) is 3.45. The van der Waals surface area contributed by atoms with E-state index in [9.17, 15) is 0 Å². The lowest BCUT2D eigenvalue weighted by atomic mass is 9.98. The molecule has 2 aliphatic rings. The van der Waals surface area contributed by atoms with Gasteiger partial charge in [0.25, 0.3) is 0 Å². The van der Waals surface area contributed by atoms with Crippen molar-refractivity contribution in [1.82, 2.24) is 0 Å². The number of ether oxygens (including phenoxy) is 1. The Morgan fingerprint density at radius 1 is 0.833 bits per heavy atom. The van der Waals surface area contributed by atoms with E-state index in [0.29, 0.717) is 6.10 Å². The molecule has 0 spiro atoms. The molecule has 1 saturated heterocycles. The smallest absolute Gasteiger partial charge is 0.119 e. The Balaban J connectivity index is 1.59. The molecule has 0 unspecified atom stereocenters. The van der Waals surface area contributed by atoms with Gasteiger partial charge in [-0.2, -0.15) is 0 Å². The Morgan fingerprint density at radius 3 is 2.17 bits per heavy atom. The van der Waals surface area contributed by atoms with Gasteiger partial charge in [-0.25, -0.2) is 0 Å². The van der Waals surface area contributed by atoms with E-state index in [1.807, 2.05) is 0 Å². The maximum absolute atomic E-state index is 6.09. The Labute approximate surface area is 112 Å². The zero-order chi connectivity index (χ0) is 12.2. The lowest BCUT2D eigenvalue weighted by Gasteiger charge is -2.23. The van der Waals surface area contributed by atoms with Crippen LogP contribution >= 0.6 is 0 Å². The fourth-order valence-corrected chi connectivity index (χ4v) is 6.71. The van der Waals surface area contributed by atoms with Gasteiger partial charge in [0.1, 0.15) is 5.75 Å². The van der Waals surface area contributed by atoms with Crippen LogP contribution in [0.25, 0.3) is 0 Å². The molecule has 18 heavy (non-hydrogen) atoms. The Morgan fingerprint density at radius 2 is 1.50 bits per heavy atom. The van der Waals surface area contributed by atoms with E-state index >= 15 is 0 Å². The van der Waals surface area contributed by atoms with Crippen LogP contribution in [0.4, 0.5) is 0 Å². The summed E-state index contributed by atoms with van der Waals surface area (Å²) in [6, 6.07) is 12.2. The highest BCUT2D eigenvalue weighted by molar-refractivity contribution is 6.73. The molecule has 0 atom stereocenters. The van der Waals surface area contributed by atoms with Crippen LogP contribution < -0.4 is 9.92 Å². The first-order chi connectivity index (χ1) is 8.92. The van der Waals surface area contributed by atoms with E-state index in [1.165, 1.54) is 57.0 Å². The molecule has 1 aliphatic carbocycles. The second-order valence-corrected chi connectivity index (χ2v) is 9.14. The first kappa shape index (κ1) is 12.3. The molecule has 98 valence electrons. The zero-order valence-electron chi connectivity index (χ0n) is 11.2. The van der Waals surface area contributed by atoms with Gasteiger partial charge in [-0.1, -0.05) is 48.7 Å². The van der Waals surface area contributed by atoms with Gasteiger partial charge in [0.15, 0.2) is 0 Å². The second kappa shape index (κ2) is 5.92. The van der Waals surface area contributed by atoms with Crippen molar-refractivity contribution in [3.63, 3.8) is 0 Å². The summed E-state index contributed by atoms with van der Waals surface area (Å²) < 4.78 is 6.09. The highest BCUT2D eigenvalue weighted by atomic mass is 28.3. The zero-order valence-corrected chi connectivity index (χ0v) is 12.4. The lowest BCUT2D eigenvalue weighted by molar-refractivity contribution is 0.155. The van der Waals surface area contributed by atoms with Crippen LogP contribution in [0.3, 0.4) is 0 Å². The van der Waals surface area contributed by atoms with Gasteiger partial charge in [0.2, 0.25) is 0 Å². The molecule has 2 heteroatoms. The summed E-state index contributed by atoms with van der Waals surface area (Å²) in [5.74, 6) is 1.10. The summed E-state index contributed by atoms with van der Waals surface area (Å²) in [7, 11) is -0.561. The molecule has 2 fully saturated rings. The van der Waals surface area contributed by atoms with Crippen molar-refractivity contribution in [2.24, 2.45) is 0 Å². The topological polar surface area (TPSA) is 9.23 Å². The average molecular weight is 260 g/mol. The van der Waals surface area contributed by atoms with Crippen molar-refractivity contribution in [2.45, 2.75) is 63.1 Å². The number of benzene rings is 1. The van der Waals surface area contributed by atoms with E-state index in [-0.39, 0.29) is 0 Å². The predicted molar refractivity (Wildman–Crippen MR) is 79.6 cm³/mol. The summed E-state index contributed by atoms with van der Waals surface area (Å²) in [6.07, 6.45) is 10.0. The highest BCUT2D eigenvalue weighted by Gasteiger charge is 2.19. The van der Waals surface area contributed by atoms with Gasteiger partial charge in [-0.05, 0) is 37.8 Å². The molecule has 1 heterocycles. The first-order valence-electron chi connectivity index (χ1n) is 7.68. The molecule has 1 nitrogen and oxygen atoms in total. The monoisotopic (exact) mass is 260 g/mol. The molecule has 0 bridgehead atoms. The molecule has 0 N–H and O–H groups in total. The standard InChI is InChI=1S/C16H24OSi/c1-2-6-14(7-3-1)17-15-8-10-16(11-9-15)18-12-4-5-13-18/h8-11,14,18H,1-7,12-13H2. The molecule has 1 aliphatic heterocycles. The third-order valence-electron chi connectivity index (χ3n) is 4.56. The maximum Gasteiger partial charge on any atom is 0.119 e. The van der Waals surface area contributed by atoms with Crippen LogP contribution in [0, 0.1) is 0 Å². The minimum atomic E-state index is -0.561. The van der Waals surface area contributed by atoms with Crippen LogP contribution in [0.5, 0.6) is 5.75 Å². The number of hydrogen-bond donors (Lipinski definition) is 0. The van der Waals surface area contributed by atoms with Gasteiger partial charge < -0.3 is 4.74 Å². The van der Waals surface area contributed by atoms with Gasteiger partial charge >= 0.3 is 0 Å². The summed E-state index contributed by atoms with van der Waals surface area (Å²) in [4.78, 5) is 0. The quantitative estimate of drug-likeness (QED) is 0.754. The Bertz CT molecular complexity index is 361. The highest BCUT2D eigenvalue weighted by Crippen LogP contribution is 2.24. The summed E-state index contributed by atoms with van der Waals surface area (Å²) in [6.45, 7) is 0. The number of hydrogen-bond acceptors (Lipinski definition) is 1. The summed E-state index contributed by atoms with van der Waals surface area (Å²) >= 11 is 0. The molecular formula is C16H24OSi. The van der Waals surface area contributed by atoms with Crippen molar-refractivity contribution < 1.29 is 4.74 Å². The van der Waals surface area contributed by atoms with Crippen LogP contribution in [0.15, 0.2) is 24.3 Å². The van der Waals surface area contributed by atoms with Crippen molar-refractivity contribution in [3.05, 3.63) is 24.3 Å². The average Bonchev–Trinajstić information content (AvgIpc) is 2.95. The fraction of sp³-hybridized carbons (Fsp3) is 0.625. The van der Waals surface area contributed by atoms with Crippen molar-refractivity contribution in [3.8, 4) is 5.75 Å². The molecule has 0 aromatic heterocycles.